The number of benzene rings is 2. The van der Waals surface area contributed by atoms with Crippen LogP contribution in [0.3, 0.4) is 0 Å². The Balaban J connectivity index is 1.73. The minimum atomic E-state index is -0.515. The van der Waals surface area contributed by atoms with Crippen molar-refractivity contribution in [2.24, 2.45) is 0 Å². The fourth-order valence-corrected chi connectivity index (χ4v) is 2.90. The number of aryl methyl sites for hydroxylation is 1. The molecule has 2 aromatic rings. The molecule has 0 saturated heterocycles. The molecule has 0 fully saturated rings. The van der Waals surface area contributed by atoms with E-state index >= 15 is 0 Å². The average Bonchev–Trinajstić information content (AvgIpc) is 2.46. The maximum atomic E-state index is 13.6. The second-order valence-corrected chi connectivity index (χ2v) is 5.27. The van der Waals surface area contributed by atoms with Crippen LogP contribution in [0.1, 0.15) is 29.9 Å². The van der Waals surface area contributed by atoms with Crippen LogP contribution in [-0.4, -0.2) is 6.54 Å². The highest BCUT2D eigenvalue weighted by Gasteiger charge is 2.19. The number of nitrogens with one attached hydrogen (secondary N) is 1. The Kier molecular flexibility index (Phi) is 3.68. The van der Waals surface area contributed by atoms with Crippen molar-refractivity contribution in [3.63, 3.8) is 0 Å². The van der Waals surface area contributed by atoms with Crippen LogP contribution in [-0.2, 0) is 6.42 Å². The molecule has 1 aliphatic rings. The Labute approximate surface area is 117 Å². The number of anilines is 1. The van der Waals surface area contributed by atoms with E-state index in [0.717, 1.165) is 25.5 Å². The third-order valence-electron chi connectivity index (χ3n) is 3.99. The van der Waals surface area contributed by atoms with Crippen molar-refractivity contribution in [2.45, 2.75) is 25.2 Å². The van der Waals surface area contributed by atoms with Crippen molar-refractivity contribution in [1.29, 1.82) is 0 Å². The van der Waals surface area contributed by atoms with Crippen molar-refractivity contribution in [3.8, 4) is 0 Å². The van der Waals surface area contributed by atoms with Crippen LogP contribution in [0, 0.1) is 11.6 Å². The molecule has 1 N–H and O–H groups in total. The molecule has 1 aliphatic heterocycles. The molecule has 0 radical (unpaired) electrons. The number of para-hydroxylation sites is 1. The molecular formula is C17H17F2N. The first-order valence-electron chi connectivity index (χ1n) is 7.01. The highest BCUT2D eigenvalue weighted by atomic mass is 19.1. The molecule has 3 rings (SSSR count). The number of hydrogen-bond acceptors (Lipinski definition) is 1. The molecular weight excluding hydrogens is 256 g/mol. The molecule has 0 spiro atoms. The van der Waals surface area contributed by atoms with E-state index in [0.29, 0.717) is 17.9 Å². The van der Waals surface area contributed by atoms with Crippen molar-refractivity contribution in [2.75, 3.05) is 11.9 Å². The van der Waals surface area contributed by atoms with E-state index in [4.69, 9.17) is 0 Å². The molecule has 104 valence electrons. The molecule has 0 bridgehead atoms. The van der Waals surface area contributed by atoms with Gasteiger partial charge in [-0.1, -0.05) is 24.3 Å². The normalized spacial score (nSPS) is 17.4. The molecule has 0 aliphatic carbocycles. The first kappa shape index (κ1) is 13.1. The standard InChI is InChI=1S/C17H17F2N/c18-14-8-7-13(16(19)11-14)6-5-12-9-10-20-17-4-2-1-3-15(12)17/h1-4,7-8,11-12,20H,5-6,9-10H2. The Hall–Kier alpha value is -1.90. The fraction of sp³-hybridized carbons (Fsp3) is 0.294. The van der Waals surface area contributed by atoms with E-state index in [-0.39, 0.29) is 0 Å². The van der Waals surface area contributed by atoms with Crippen LogP contribution in [0.25, 0.3) is 0 Å². The predicted molar refractivity (Wildman–Crippen MR) is 77.0 cm³/mol. The number of halogens is 2. The quantitative estimate of drug-likeness (QED) is 0.868. The number of hydrogen-bond donors (Lipinski definition) is 1. The van der Waals surface area contributed by atoms with Gasteiger partial charge in [-0.05, 0) is 48.4 Å². The van der Waals surface area contributed by atoms with Gasteiger partial charge in [0.15, 0.2) is 0 Å². The van der Waals surface area contributed by atoms with Gasteiger partial charge in [0.25, 0.3) is 0 Å². The van der Waals surface area contributed by atoms with Crippen LogP contribution in [0.5, 0.6) is 0 Å². The van der Waals surface area contributed by atoms with Gasteiger partial charge < -0.3 is 5.32 Å². The van der Waals surface area contributed by atoms with Crippen molar-refractivity contribution >= 4 is 5.69 Å². The van der Waals surface area contributed by atoms with Crippen LogP contribution in [0.2, 0.25) is 0 Å². The molecule has 0 saturated carbocycles. The lowest BCUT2D eigenvalue weighted by molar-refractivity contribution is 0.545. The van der Waals surface area contributed by atoms with Crippen molar-refractivity contribution in [1.82, 2.24) is 0 Å². The maximum absolute atomic E-state index is 13.6. The van der Waals surface area contributed by atoms with Crippen LogP contribution < -0.4 is 5.32 Å². The van der Waals surface area contributed by atoms with Gasteiger partial charge in [0.1, 0.15) is 11.6 Å². The van der Waals surface area contributed by atoms with Gasteiger partial charge in [0.05, 0.1) is 0 Å². The van der Waals surface area contributed by atoms with E-state index in [1.54, 1.807) is 6.07 Å². The molecule has 0 amide bonds. The third kappa shape index (κ3) is 2.67. The predicted octanol–water partition coefficient (Wildman–Crippen LogP) is 4.50. The minimum absolute atomic E-state index is 0.438. The van der Waals surface area contributed by atoms with Gasteiger partial charge in [0, 0.05) is 18.3 Å². The topological polar surface area (TPSA) is 12.0 Å². The average molecular weight is 273 g/mol. The number of rotatable bonds is 3. The Bertz CT molecular complexity index is 610. The molecule has 1 unspecified atom stereocenters. The zero-order valence-electron chi connectivity index (χ0n) is 11.2. The van der Waals surface area contributed by atoms with Gasteiger partial charge in [0.2, 0.25) is 0 Å². The van der Waals surface area contributed by atoms with Gasteiger partial charge in [-0.25, -0.2) is 8.78 Å². The SMILES string of the molecule is Fc1ccc(CCC2CCNc3ccccc32)c(F)c1. The molecule has 0 aromatic heterocycles. The van der Waals surface area contributed by atoms with Crippen molar-refractivity contribution < 1.29 is 8.78 Å². The Morgan fingerprint density at radius 3 is 2.80 bits per heavy atom. The minimum Gasteiger partial charge on any atom is -0.385 e. The van der Waals surface area contributed by atoms with E-state index in [1.807, 2.05) is 12.1 Å². The lowest BCUT2D eigenvalue weighted by Gasteiger charge is -2.26. The summed E-state index contributed by atoms with van der Waals surface area (Å²) in [4.78, 5) is 0. The largest absolute Gasteiger partial charge is 0.385 e. The Morgan fingerprint density at radius 2 is 1.95 bits per heavy atom. The lowest BCUT2D eigenvalue weighted by atomic mass is 9.86. The third-order valence-corrected chi connectivity index (χ3v) is 3.99. The summed E-state index contributed by atoms with van der Waals surface area (Å²) in [6, 6.07) is 12.1. The summed E-state index contributed by atoms with van der Waals surface area (Å²) in [5.74, 6) is -0.511. The highest BCUT2D eigenvalue weighted by Crippen LogP contribution is 2.34. The van der Waals surface area contributed by atoms with Gasteiger partial charge >= 0.3 is 0 Å². The second-order valence-electron chi connectivity index (χ2n) is 5.27. The maximum Gasteiger partial charge on any atom is 0.129 e. The summed E-state index contributed by atoms with van der Waals surface area (Å²) in [7, 11) is 0. The smallest absolute Gasteiger partial charge is 0.129 e. The van der Waals surface area contributed by atoms with E-state index in [9.17, 15) is 8.78 Å². The van der Waals surface area contributed by atoms with E-state index < -0.39 is 11.6 Å². The van der Waals surface area contributed by atoms with E-state index in [2.05, 4.69) is 17.4 Å². The Morgan fingerprint density at radius 1 is 1.10 bits per heavy atom. The monoisotopic (exact) mass is 273 g/mol. The number of fused-ring (bicyclic) bond motifs is 1. The molecule has 3 heteroatoms. The lowest BCUT2D eigenvalue weighted by Crippen LogP contribution is -2.17. The van der Waals surface area contributed by atoms with Gasteiger partial charge in [-0.3, -0.25) is 0 Å². The van der Waals surface area contributed by atoms with Crippen LogP contribution >= 0.6 is 0 Å². The van der Waals surface area contributed by atoms with E-state index in [1.165, 1.54) is 17.3 Å². The molecule has 2 aromatic carbocycles. The fourth-order valence-electron chi connectivity index (χ4n) is 2.90. The van der Waals surface area contributed by atoms with Crippen LogP contribution in [0.4, 0.5) is 14.5 Å². The summed E-state index contributed by atoms with van der Waals surface area (Å²) in [5.41, 5.74) is 3.09. The summed E-state index contributed by atoms with van der Waals surface area (Å²) in [5, 5.41) is 3.39. The molecule has 20 heavy (non-hydrogen) atoms. The van der Waals surface area contributed by atoms with Crippen LogP contribution in [0.15, 0.2) is 42.5 Å². The summed E-state index contributed by atoms with van der Waals surface area (Å²) in [6.45, 7) is 0.952. The molecule has 1 atom stereocenters. The van der Waals surface area contributed by atoms with Gasteiger partial charge in [-0.2, -0.15) is 0 Å². The zero-order chi connectivity index (χ0) is 13.9. The second kappa shape index (κ2) is 5.61. The summed E-state index contributed by atoms with van der Waals surface area (Å²) >= 11 is 0. The summed E-state index contributed by atoms with van der Waals surface area (Å²) in [6.07, 6.45) is 2.59. The highest BCUT2D eigenvalue weighted by molar-refractivity contribution is 5.54. The zero-order valence-corrected chi connectivity index (χ0v) is 11.2. The molecule has 1 heterocycles. The first-order valence-corrected chi connectivity index (χ1v) is 7.01. The summed E-state index contributed by atoms with van der Waals surface area (Å²) < 4.78 is 26.5. The first-order chi connectivity index (χ1) is 9.74. The van der Waals surface area contributed by atoms with Gasteiger partial charge in [-0.15, -0.1) is 0 Å². The van der Waals surface area contributed by atoms with Crippen molar-refractivity contribution in [3.05, 3.63) is 65.2 Å². The molecule has 1 nitrogen and oxygen atoms in total.